The monoisotopic (exact) mass is 313 g/mol. The molecule has 1 nitrogen and oxygen atoms in total. The van der Waals surface area contributed by atoms with Gasteiger partial charge in [0.15, 0.2) is 0 Å². The average molecular weight is 314 g/mol. The molecular weight excluding hydrogens is 278 g/mol. The average Bonchev–Trinajstić information content (AvgIpc) is 2.55. The first-order valence-corrected chi connectivity index (χ1v) is 9.78. The Morgan fingerprint density at radius 2 is 1.52 bits per heavy atom. The van der Waals surface area contributed by atoms with Crippen LogP contribution in [0, 0.1) is 11.3 Å². The van der Waals surface area contributed by atoms with Gasteiger partial charge in [-0.2, -0.15) is 0 Å². The highest BCUT2D eigenvalue weighted by molar-refractivity contribution is 5.37. The maximum absolute atomic E-state index is 6.88. The summed E-state index contributed by atoms with van der Waals surface area (Å²) in [6.45, 7) is 7.22. The molecule has 2 N–H and O–H groups in total. The number of hydrogen-bond donors (Lipinski definition) is 1. The first kappa shape index (κ1) is 17.0. The minimum Gasteiger partial charge on any atom is -0.321 e. The third-order valence-electron chi connectivity index (χ3n) is 6.63. The first-order valence-electron chi connectivity index (χ1n) is 9.78. The molecule has 128 valence electrons. The lowest BCUT2D eigenvalue weighted by molar-refractivity contribution is 0.168. The van der Waals surface area contributed by atoms with Crippen LogP contribution in [0.5, 0.6) is 0 Å². The van der Waals surface area contributed by atoms with Gasteiger partial charge in [0.05, 0.1) is 0 Å². The highest BCUT2D eigenvalue weighted by Crippen LogP contribution is 2.46. The van der Waals surface area contributed by atoms with Crippen LogP contribution in [0.1, 0.15) is 95.6 Å². The molecule has 2 fully saturated rings. The number of hydrogen-bond acceptors (Lipinski definition) is 1. The van der Waals surface area contributed by atoms with Crippen LogP contribution in [0.3, 0.4) is 0 Å². The molecule has 2 saturated carbocycles. The molecule has 0 unspecified atom stereocenters. The number of rotatable bonds is 2. The molecule has 0 aliphatic heterocycles. The summed E-state index contributed by atoms with van der Waals surface area (Å²) in [7, 11) is 0. The fraction of sp³-hybridized carbons (Fsp3) is 0.727. The van der Waals surface area contributed by atoms with Gasteiger partial charge in [-0.1, -0.05) is 64.3 Å². The van der Waals surface area contributed by atoms with Crippen LogP contribution in [-0.4, -0.2) is 0 Å². The van der Waals surface area contributed by atoms with E-state index in [0.717, 1.165) is 11.8 Å². The minimum atomic E-state index is -0.0598. The van der Waals surface area contributed by atoms with E-state index in [2.05, 4.69) is 45.0 Å². The summed E-state index contributed by atoms with van der Waals surface area (Å²) in [5.74, 6) is 1.61. The van der Waals surface area contributed by atoms with Gasteiger partial charge in [0, 0.05) is 5.54 Å². The lowest BCUT2D eigenvalue weighted by Crippen LogP contribution is -2.40. The van der Waals surface area contributed by atoms with Crippen molar-refractivity contribution in [2.45, 2.75) is 90.0 Å². The molecule has 0 atom stereocenters. The Bertz CT molecular complexity index is 511. The molecule has 0 saturated heterocycles. The van der Waals surface area contributed by atoms with Crippen molar-refractivity contribution in [3.8, 4) is 0 Å². The molecule has 3 rings (SSSR count). The fourth-order valence-corrected chi connectivity index (χ4v) is 5.03. The second-order valence-corrected chi connectivity index (χ2v) is 9.22. The van der Waals surface area contributed by atoms with Gasteiger partial charge in [0.2, 0.25) is 0 Å². The van der Waals surface area contributed by atoms with Gasteiger partial charge in [-0.15, -0.1) is 0 Å². The summed E-state index contributed by atoms with van der Waals surface area (Å²) in [5, 5.41) is 0. The van der Waals surface area contributed by atoms with E-state index in [9.17, 15) is 0 Å². The second kappa shape index (κ2) is 6.59. The number of nitrogens with two attached hydrogens (primary N) is 1. The molecule has 0 radical (unpaired) electrons. The Labute approximate surface area is 143 Å². The van der Waals surface area contributed by atoms with Crippen molar-refractivity contribution < 1.29 is 0 Å². The summed E-state index contributed by atoms with van der Waals surface area (Å²) in [6, 6.07) is 9.13. The molecule has 23 heavy (non-hydrogen) atoms. The molecule has 1 aromatic carbocycles. The Kier molecular flexibility index (Phi) is 4.88. The zero-order chi connectivity index (χ0) is 16.5. The van der Waals surface area contributed by atoms with E-state index in [1.54, 1.807) is 5.56 Å². The van der Waals surface area contributed by atoms with E-state index >= 15 is 0 Å². The fourth-order valence-electron chi connectivity index (χ4n) is 5.03. The van der Waals surface area contributed by atoms with Gasteiger partial charge in [0.1, 0.15) is 0 Å². The van der Waals surface area contributed by atoms with Crippen LogP contribution >= 0.6 is 0 Å². The zero-order valence-corrected chi connectivity index (χ0v) is 15.4. The van der Waals surface area contributed by atoms with E-state index in [1.165, 1.54) is 63.4 Å². The van der Waals surface area contributed by atoms with E-state index in [4.69, 9.17) is 5.73 Å². The van der Waals surface area contributed by atoms with Crippen molar-refractivity contribution in [3.05, 3.63) is 35.4 Å². The van der Waals surface area contributed by atoms with Crippen LogP contribution in [0.25, 0.3) is 0 Å². The predicted molar refractivity (Wildman–Crippen MR) is 99.5 cm³/mol. The Morgan fingerprint density at radius 3 is 2.13 bits per heavy atom. The quantitative estimate of drug-likeness (QED) is 0.699. The van der Waals surface area contributed by atoms with E-state index < -0.39 is 0 Å². The summed E-state index contributed by atoms with van der Waals surface area (Å²) in [6.07, 6.45) is 11.7. The van der Waals surface area contributed by atoms with Crippen LogP contribution in [0.4, 0.5) is 0 Å². The van der Waals surface area contributed by atoms with Crippen LogP contribution < -0.4 is 5.73 Å². The van der Waals surface area contributed by atoms with E-state index in [-0.39, 0.29) is 5.54 Å². The summed E-state index contributed by atoms with van der Waals surface area (Å²) < 4.78 is 0. The predicted octanol–water partition coefficient (Wildman–Crippen LogP) is 6.12. The maximum atomic E-state index is 6.88. The Balaban J connectivity index is 1.79. The number of benzene rings is 1. The highest BCUT2D eigenvalue weighted by Gasteiger charge is 2.35. The van der Waals surface area contributed by atoms with Gasteiger partial charge in [-0.25, -0.2) is 0 Å². The third-order valence-corrected chi connectivity index (χ3v) is 6.63. The van der Waals surface area contributed by atoms with Crippen molar-refractivity contribution in [3.63, 3.8) is 0 Å². The molecule has 0 spiro atoms. The maximum Gasteiger partial charge on any atom is 0.0412 e. The molecule has 2 aliphatic carbocycles. The van der Waals surface area contributed by atoms with Crippen LogP contribution in [0.2, 0.25) is 0 Å². The molecule has 2 aliphatic rings. The third kappa shape index (κ3) is 3.65. The highest BCUT2D eigenvalue weighted by atomic mass is 14.7. The molecule has 1 aromatic rings. The summed E-state index contributed by atoms with van der Waals surface area (Å²) in [4.78, 5) is 0. The minimum absolute atomic E-state index is 0.0598. The molecule has 1 heteroatoms. The van der Waals surface area contributed by atoms with Gasteiger partial charge < -0.3 is 5.73 Å². The summed E-state index contributed by atoms with van der Waals surface area (Å²) in [5.41, 5.74) is 10.3. The normalized spacial score (nSPS) is 28.5. The lowest BCUT2D eigenvalue weighted by Gasteiger charge is -2.40. The summed E-state index contributed by atoms with van der Waals surface area (Å²) >= 11 is 0. The van der Waals surface area contributed by atoms with Gasteiger partial charge >= 0.3 is 0 Å². The van der Waals surface area contributed by atoms with Crippen LogP contribution in [-0.2, 0) is 5.54 Å². The Morgan fingerprint density at radius 1 is 0.913 bits per heavy atom. The van der Waals surface area contributed by atoms with Crippen molar-refractivity contribution >= 4 is 0 Å². The van der Waals surface area contributed by atoms with Crippen LogP contribution in [0.15, 0.2) is 24.3 Å². The zero-order valence-electron chi connectivity index (χ0n) is 15.4. The van der Waals surface area contributed by atoms with E-state index in [0.29, 0.717) is 5.41 Å². The van der Waals surface area contributed by atoms with Crippen molar-refractivity contribution in [2.24, 2.45) is 17.1 Å². The first-order chi connectivity index (χ1) is 10.9. The van der Waals surface area contributed by atoms with Crippen molar-refractivity contribution in [1.82, 2.24) is 0 Å². The lowest BCUT2D eigenvalue weighted by atomic mass is 9.66. The van der Waals surface area contributed by atoms with Gasteiger partial charge in [-0.3, -0.25) is 0 Å². The molecule has 0 amide bonds. The van der Waals surface area contributed by atoms with Gasteiger partial charge in [-0.05, 0) is 66.9 Å². The standard InChI is InChI=1S/C22H35N/c1-21(2,3)18-13-11-17(12-14-18)19-9-5-6-10-20(19)22(23)15-7-4-8-16-22/h5-6,9-10,17-18H,4,7-8,11-16,23H2,1-3H3. The topological polar surface area (TPSA) is 26.0 Å². The second-order valence-electron chi connectivity index (χ2n) is 9.22. The Hall–Kier alpha value is -0.820. The molecular formula is C22H35N. The molecule has 0 heterocycles. The molecule has 0 aromatic heterocycles. The largest absolute Gasteiger partial charge is 0.321 e. The van der Waals surface area contributed by atoms with E-state index in [1.807, 2.05) is 0 Å². The SMILES string of the molecule is CC(C)(C)C1CCC(c2ccccc2C2(N)CCCCC2)CC1. The molecule has 0 bridgehead atoms. The smallest absolute Gasteiger partial charge is 0.0412 e. The van der Waals surface area contributed by atoms with Gasteiger partial charge in [0.25, 0.3) is 0 Å². The van der Waals surface area contributed by atoms with Crippen molar-refractivity contribution in [2.75, 3.05) is 0 Å². The van der Waals surface area contributed by atoms with Crippen molar-refractivity contribution in [1.29, 1.82) is 0 Å².